The number of hydrogen-bond acceptors (Lipinski definition) is 4. The van der Waals surface area contributed by atoms with Crippen molar-refractivity contribution in [3.05, 3.63) is 39.4 Å². The Morgan fingerprint density at radius 1 is 1.32 bits per heavy atom. The molecule has 0 radical (unpaired) electrons. The molecule has 132 valence electrons. The van der Waals surface area contributed by atoms with Gasteiger partial charge in [0.1, 0.15) is 0 Å². The Kier molecular flexibility index (Phi) is 4.75. The number of nitrogens with one attached hydrogen (secondary N) is 1. The lowest BCUT2D eigenvalue weighted by atomic mass is 9.79. The summed E-state index contributed by atoms with van der Waals surface area (Å²) in [6.07, 6.45) is 4.03. The maximum Gasteiger partial charge on any atom is 0.280 e. The lowest BCUT2D eigenvalue weighted by Gasteiger charge is -2.49. The molecule has 1 N–H and O–H groups in total. The minimum Gasteiger partial charge on any atom is -0.345 e. The van der Waals surface area contributed by atoms with E-state index in [0.717, 1.165) is 23.5 Å². The standard InChI is InChI=1S/C18H19Cl2N3OS/c1-10-16(11-4-6-23(10)7-5-11)22-17(24)18-21-9-15(25-18)13-3-2-12(19)8-14(13)20/h2-3,8-11,16H,4-7H2,1H3,(H,22,24)/t10-,16-/m0/s1. The zero-order valence-corrected chi connectivity index (χ0v) is 16.2. The summed E-state index contributed by atoms with van der Waals surface area (Å²) in [5, 5.41) is 4.85. The summed E-state index contributed by atoms with van der Waals surface area (Å²) < 4.78 is 0. The molecule has 7 heteroatoms. The highest BCUT2D eigenvalue weighted by molar-refractivity contribution is 7.17. The molecular weight excluding hydrogens is 377 g/mol. The molecule has 2 atom stereocenters. The van der Waals surface area contributed by atoms with Gasteiger partial charge in [-0.3, -0.25) is 9.69 Å². The topological polar surface area (TPSA) is 45.2 Å². The highest BCUT2D eigenvalue weighted by Gasteiger charge is 2.40. The van der Waals surface area contributed by atoms with E-state index in [1.54, 1.807) is 18.3 Å². The molecule has 3 fully saturated rings. The Morgan fingerprint density at radius 2 is 2.08 bits per heavy atom. The summed E-state index contributed by atoms with van der Waals surface area (Å²) in [5.41, 5.74) is 0.846. The van der Waals surface area contributed by atoms with E-state index in [-0.39, 0.29) is 11.9 Å². The van der Waals surface area contributed by atoms with Crippen LogP contribution in [0, 0.1) is 5.92 Å². The lowest BCUT2D eigenvalue weighted by molar-refractivity contribution is 0.0217. The fourth-order valence-electron chi connectivity index (χ4n) is 3.95. The summed E-state index contributed by atoms with van der Waals surface area (Å²) in [6.45, 7) is 4.50. The number of hydrogen-bond donors (Lipinski definition) is 1. The van der Waals surface area contributed by atoms with Crippen molar-refractivity contribution in [2.75, 3.05) is 13.1 Å². The monoisotopic (exact) mass is 395 g/mol. The van der Waals surface area contributed by atoms with Crippen LogP contribution >= 0.6 is 34.5 Å². The van der Waals surface area contributed by atoms with Gasteiger partial charge in [-0.05, 0) is 50.9 Å². The van der Waals surface area contributed by atoms with E-state index in [1.807, 2.05) is 6.07 Å². The number of fused-ring (bicyclic) bond motifs is 3. The predicted molar refractivity (Wildman–Crippen MR) is 103 cm³/mol. The second kappa shape index (κ2) is 6.88. The molecule has 1 aromatic heterocycles. The Labute approximate surface area is 161 Å². The van der Waals surface area contributed by atoms with E-state index in [1.165, 1.54) is 24.2 Å². The molecule has 0 aliphatic carbocycles. The number of rotatable bonds is 3. The van der Waals surface area contributed by atoms with Crippen LogP contribution in [0.1, 0.15) is 29.6 Å². The van der Waals surface area contributed by atoms with E-state index in [2.05, 4.69) is 22.1 Å². The van der Waals surface area contributed by atoms with Crippen molar-refractivity contribution in [2.24, 2.45) is 5.92 Å². The molecule has 0 spiro atoms. The van der Waals surface area contributed by atoms with Crippen molar-refractivity contribution in [2.45, 2.75) is 31.8 Å². The molecule has 4 nitrogen and oxygen atoms in total. The molecule has 2 aromatic rings. The Balaban J connectivity index is 1.51. The van der Waals surface area contributed by atoms with E-state index >= 15 is 0 Å². The van der Waals surface area contributed by atoms with Gasteiger partial charge in [-0.2, -0.15) is 0 Å². The second-order valence-electron chi connectivity index (χ2n) is 6.77. The molecule has 5 rings (SSSR count). The number of aromatic nitrogens is 1. The lowest BCUT2D eigenvalue weighted by Crippen LogP contribution is -2.62. The summed E-state index contributed by atoms with van der Waals surface area (Å²) in [7, 11) is 0. The number of thiazole rings is 1. The number of halogens is 2. The smallest absolute Gasteiger partial charge is 0.280 e. The average Bonchev–Trinajstić information content (AvgIpc) is 3.08. The van der Waals surface area contributed by atoms with Crippen molar-refractivity contribution < 1.29 is 4.79 Å². The van der Waals surface area contributed by atoms with Crippen LogP contribution in [0.2, 0.25) is 10.0 Å². The van der Waals surface area contributed by atoms with Gasteiger partial charge in [-0.15, -0.1) is 11.3 Å². The minimum absolute atomic E-state index is 0.0908. The third kappa shape index (κ3) is 3.31. The highest BCUT2D eigenvalue weighted by Crippen LogP contribution is 2.35. The Bertz CT molecular complexity index is 799. The molecule has 3 aliphatic rings. The van der Waals surface area contributed by atoms with Gasteiger partial charge in [0.2, 0.25) is 0 Å². The van der Waals surface area contributed by atoms with Gasteiger partial charge in [-0.25, -0.2) is 4.98 Å². The molecular formula is C18H19Cl2N3OS. The molecule has 0 unspecified atom stereocenters. The average molecular weight is 396 g/mol. The van der Waals surface area contributed by atoms with Gasteiger partial charge in [0.05, 0.1) is 9.90 Å². The quantitative estimate of drug-likeness (QED) is 0.840. The summed E-state index contributed by atoms with van der Waals surface area (Å²) >= 11 is 13.6. The van der Waals surface area contributed by atoms with E-state index < -0.39 is 0 Å². The van der Waals surface area contributed by atoms with E-state index in [9.17, 15) is 4.79 Å². The van der Waals surface area contributed by atoms with Gasteiger partial charge < -0.3 is 5.32 Å². The van der Waals surface area contributed by atoms with Crippen LogP contribution in [-0.2, 0) is 0 Å². The van der Waals surface area contributed by atoms with Crippen LogP contribution in [0.15, 0.2) is 24.4 Å². The molecule has 1 amide bonds. The molecule has 2 bridgehead atoms. The molecule has 3 aliphatic heterocycles. The second-order valence-corrected chi connectivity index (χ2v) is 8.64. The zero-order valence-electron chi connectivity index (χ0n) is 13.8. The maximum absolute atomic E-state index is 12.7. The fourth-order valence-corrected chi connectivity index (χ4v) is 5.38. The number of carbonyl (C=O) groups is 1. The predicted octanol–water partition coefficient (Wildman–Crippen LogP) is 4.33. The first-order valence-corrected chi connectivity index (χ1v) is 10.1. The summed E-state index contributed by atoms with van der Waals surface area (Å²) in [4.78, 5) is 20.3. The van der Waals surface area contributed by atoms with Gasteiger partial charge >= 0.3 is 0 Å². The van der Waals surface area contributed by atoms with Gasteiger partial charge in [-0.1, -0.05) is 29.3 Å². The molecule has 0 saturated carbocycles. The van der Waals surface area contributed by atoms with Crippen molar-refractivity contribution in [1.82, 2.24) is 15.2 Å². The summed E-state index contributed by atoms with van der Waals surface area (Å²) in [6, 6.07) is 5.95. The molecule has 25 heavy (non-hydrogen) atoms. The van der Waals surface area contributed by atoms with E-state index in [0.29, 0.717) is 27.0 Å². The third-order valence-corrected chi connectivity index (χ3v) is 6.95. The van der Waals surface area contributed by atoms with Crippen LogP contribution in [0.3, 0.4) is 0 Å². The number of amides is 1. The maximum atomic E-state index is 12.7. The SMILES string of the molecule is C[C@H]1[C@H](NC(=O)c2ncc(-c3ccc(Cl)cc3Cl)s2)C2CCN1CC2. The van der Waals surface area contributed by atoms with Gasteiger partial charge in [0.15, 0.2) is 5.01 Å². The largest absolute Gasteiger partial charge is 0.345 e. The first-order chi connectivity index (χ1) is 12.0. The van der Waals surface area contributed by atoms with E-state index in [4.69, 9.17) is 23.2 Å². The third-order valence-electron chi connectivity index (χ3n) is 5.37. The minimum atomic E-state index is -0.0908. The molecule has 3 saturated heterocycles. The fraction of sp³-hybridized carbons (Fsp3) is 0.444. The van der Waals surface area contributed by atoms with Crippen LogP contribution in [0.5, 0.6) is 0 Å². The van der Waals surface area contributed by atoms with Gasteiger partial charge in [0, 0.05) is 28.9 Å². The van der Waals surface area contributed by atoms with Crippen molar-refractivity contribution >= 4 is 40.4 Å². The zero-order chi connectivity index (χ0) is 17.6. The normalized spacial score (nSPS) is 28.1. The van der Waals surface area contributed by atoms with Crippen LogP contribution in [-0.4, -0.2) is 41.0 Å². The molecule has 1 aromatic carbocycles. The number of carbonyl (C=O) groups excluding carboxylic acids is 1. The molecule has 4 heterocycles. The highest BCUT2D eigenvalue weighted by atomic mass is 35.5. The van der Waals surface area contributed by atoms with Crippen molar-refractivity contribution in [3.8, 4) is 10.4 Å². The number of benzene rings is 1. The first kappa shape index (κ1) is 17.3. The van der Waals surface area contributed by atoms with Crippen LogP contribution < -0.4 is 5.32 Å². The van der Waals surface area contributed by atoms with Crippen molar-refractivity contribution in [3.63, 3.8) is 0 Å². The van der Waals surface area contributed by atoms with Gasteiger partial charge in [0.25, 0.3) is 5.91 Å². The Morgan fingerprint density at radius 3 is 2.76 bits per heavy atom. The van der Waals surface area contributed by atoms with Crippen LogP contribution in [0.4, 0.5) is 0 Å². The van der Waals surface area contributed by atoms with Crippen molar-refractivity contribution in [1.29, 1.82) is 0 Å². The first-order valence-electron chi connectivity index (χ1n) is 8.49. The number of nitrogens with zero attached hydrogens (tertiary/aromatic N) is 2. The Hall–Kier alpha value is -1.14. The number of piperidine rings is 3. The van der Waals surface area contributed by atoms with Crippen LogP contribution in [0.25, 0.3) is 10.4 Å². The summed E-state index contributed by atoms with van der Waals surface area (Å²) in [5.74, 6) is 0.487.